The number of carbonyl (C=O) groups excluding carboxylic acids is 1. The second kappa shape index (κ2) is 5.56. The molecule has 19 heavy (non-hydrogen) atoms. The van der Waals surface area contributed by atoms with Crippen LogP contribution in [0, 0.1) is 17.1 Å². The Bertz CT molecular complexity index is 534. The van der Waals surface area contributed by atoms with Crippen LogP contribution in [0.5, 0.6) is 5.75 Å². The lowest BCUT2D eigenvalue weighted by molar-refractivity contribution is -0.275. The summed E-state index contributed by atoms with van der Waals surface area (Å²) < 4.78 is 57.2. The third-order valence-corrected chi connectivity index (χ3v) is 1.91. The van der Waals surface area contributed by atoms with E-state index in [1.165, 1.54) is 13.0 Å². The van der Waals surface area contributed by atoms with E-state index in [2.05, 4.69) is 9.47 Å². The van der Waals surface area contributed by atoms with Gasteiger partial charge in [0.25, 0.3) is 0 Å². The number of nitrogens with zero attached hydrogens (tertiary/aromatic N) is 1. The fourth-order valence-corrected chi connectivity index (χ4v) is 1.23. The molecule has 0 fully saturated rings. The molecular weight excluding hydrogens is 270 g/mol. The normalized spacial score (nSPS) is 10.7. The molecule has 0 saturated heterocycles. The van der Waals surface area contributed by atoms with Crippen molar-refractivity contribution in [3.63, 3.8) is 0 Å². The number of alkyl halides is 3. The molecule has 0 amide bonds. The summed E-state index contributed by atoms with van der Waals surface area (Å²) in [6, 6.07) is 2.44. The molecule has 0 aromatic heterocycles. The molecule has 0 unspecified atom stereocenters. The lowest BCUT2D eigenvalue weighted by Crippen LogP contribution is -2.18. The zero-order valence-corrected chi connectivity index (χ0v) is 9.55. The number of ether oxygens (including phenoxy) is 2. The zero-order chi connectivity index (χ0) is 14.6. The molecule has 0 radical (unpaired) electrons. The largest absolute Gasteiger partial charge is 0.573 e. The Hall–Kier alpha value is -2.30. The van der Waals surface area contributed by atoms with Gasteiger partial charge in [-0.25, -0.2) is 9.18 Å². The van der Waals surface area contributed by atoms with Crippen molar-refractivity contribution in [3.8, 4) is 11.8 Å². The van der Waals surface area contributed by atoms with Crippen LogP contribution in [-0.2, 0) is 4.74 Å². The average Bonchev–Trinajstić information content (AvgIpc) is 2.29. The first-order chi connectivity index (χ1) is 8.78. The Kier molecular flexibility index (Phi) is 4.32. The van der Waals surface area contributed by atoms with Crippen molar-refractivity contribution in [2.24, 2.45) is 0 Å². The van der Waals surface area contributed by atoms with Crippen molar-refractivity contribution in [1.29, 1.82) is 5.26 Å². The van der Waals surface area contributed by atoms with Crippen molar-refractivity contribution in [1.82, 2.24) is 0 Å². The predicted octanol–water partition coefficient (Wildman–Crippen LogP) is 2.77. The molecule has 1 rings (SSSR count). The summed E-state index contributed by atoms with van der Waals surface area (Å²) >= 11 is 0. The van der Waals surface area contributed by atoms with Crippen LogP contribution in [-0.4, -0.2) is 18.9 Å². The van der Waals surface area contributed by atoms with E-state index in [0.29, 0.717) is 12.1 Å². The van der Waals surface area contributed by atoms with Crippen molar-refractivity contribution in [2.75, 3.05) is 6.61 Å². The summed E-state index contributed by atoms with van der Waals surface area (Å²) in [4.78, 5) is 11.4. The highest BCUT2D eigenvalue weighted by Gasteiger charge is 2.33. The molecule has 0 aliphatic carbocycles. The van der Waals surface area contributed by atoms with Crippen molar-refractivity contribution in [2.45, 2.75) is 13.3 Å². The van der Waals surface area contributed by atoms with Crippen LogP contribution in [0.3, 0.4) is 0 Å². The maximum absolute atomic E-state index is 13.4. The predicted molar refractivity (Wildman–Crippen MR) is 53.8 cm³/mol. The van der Waals surface area contributed by atoms with Gasteiger partial charge >= 0.3 is 12.3 Å². The minimum absolute atomic E-state index is 0.0217. The van der Waals surface area contributed by atoms with Gasteiger partial charge in [0.2, 0.25) is 0 Å². The van der Waals surface area contributed by atoms with Crippen molar-refractivity contribution >= 4 is 5.97 Å². The van der Waals surface area contributed by atoms with Crippen LogP contribution in [0.1, 0.15) is 22.8 Å². The lowest BCUT2D eigenvalue weighted by atomic mass is 10.1. The number of rotatable bonds is 3. The highest BCUT2D eigenvalue weighted by atomic mass is 19.4. The smallest absolute Gasteiger partial charge is 0.462 e. The van der Waals surface area contributed by atoms with Crippen molar-refractivity contribution in [3.05, 3.63) is 29.1 Å². The van der Waals surface area contributed by atoms with E-state index >= 15 is 0 Å². The molecule has 0 saturated carbocycles. The Morgan fingerprint density at radius 2 is 2.05 bits per heavy atom. The first-order valence-electron chi connectivity index (χ1n) is 4.95. The minimum atomic E-state index is -5.10. The second-order valence-corrected chi connectivity index (χ2v) is 3.21. The fourth-order valence-electron chi connectivity index (χ4n) is 1.23. The number of esters is 1. The van der Waals surface area contributed by atoms with Crippen LogP contribution in [0.15, 0.2) is 12.1 Å². The standard InChI is InChI=1S/C11H7F4NO3/c1-2-18-10(17)7-4-8(12)9(3-6(7)5-16)19-11(13,14)15/h3-4H,2H2,1H3. The fraction of sp³-hybridized carbons (Fsp3) is 0.273. The summed E-state index contributed by atoms with van der Waals surface area (Å²) in [5, 5.41) is 8.73. The van der Waals surface area contributed by atoms with Gasteiger partial charge in [0, 0.05) is 6.07 Å². The summed E-state index contributed by atoms with van der Waals surface area (Å²) in [5.74, 6) is -3.60. The topological polar surface area (TPSA) is 59.3 Å². The quantitative estimate of drug-likeness (QED) is 0.629. The van der Waals surface area contributed by atoms with Crippen LogP contribution in [0.4, 0.5) is 17.6 Å². The third-order valence-electron chi connectivity index (χ3n) is 1.91. The van der Waals surface area contributed by atoms with E-state index in [0.717, 1.165) is 0 Å². The highest BCUT2D eigenvalue weighted by molar-refractivity contribution is 5.92. The van der Waals surface area contributed by atoms with Gasteiger partial charge in [0.05, 0.1) is 17.7 Å². The van der Waals surface area contributed by atoms with Gasteiger partial charge in [-0.1, -0.05) is 0 Å². The molecule has 0 atom stereocenters. The number of nitriles is 1. The molecule has 0 N–H and O–H groups in total. The lowest BCUT2D eigenvalue weighted by Gasteiger charge is -2.11. The van der Waals surface area contributed by atoms with Crippen LogP contribution < -0.4 is 4.74 Å². The molecule has 102 valence electrons. The molecule has 0 aliphatic heterocycles. The van der Waals surface area contributed by atoms with Gasteiger partial charge in [-0.15, -0.1) is 13.2 Å². The Balaban J connectivity index is 3.22. The monoisotopic (exact) mass is 277 g/mol. The number of hydrogen-bond acceptors (Lipinski definition) is 4. The van der Waals surface area contributed by atoms with Crippen molar-refractivity contribution < 1.29 is 31.8 Å². The van der Waals surface area contributed by atoms with E-state index in [9.17, 15) is 22.4 Å². The summed E-state index contributed by atoms with van der Waals surface area (Å²) in [6.07, 6.45) is -5.10. The maximum atomic E-state index is 13.4. The molecule has 4 nitrogen and oxygen atoms in total. The second-order valence-electron chi connectivity index (χ2n) is 3.21. The molecular formula is C11H7F4NO3. The van der Waals surface area contributed by atoms with E-state index in [-0.39, 0.29) is 6.61 Å². The van der Waals surface area contributed by atoms with Crippen LogP contribution >= 0.6 is 0 Å². The van der Waals surface area contributed by atoms with Crippen LogP contribution in [0.25, 0.3) is 0 Å². The molecule has 0 aliphatic rings. The van der Waals surface area contributed by atoms with Gasteiger partial charge in [0.1, 0.15) is 6.07 Å². The average molecular weight is 277 g/mol. The Labute approximate surface area is 105 Å². The third kappa shape index (κ3) is 3.84. The number of benzene rings is 1. The van der Waals surface area contributed by atoms with Gasteiger partial charge in [0.15, 0.2) is 11.6 Å². The van der Waals surface area contributed by atoms with Gasteiger partial charge in [-0.05, 0) is 13.0 Å². The minimum Gasteiger partial charge on any atom is -0.462 e. The number of hydrogen-bond donors (Lipinski definition) is 0. The zero-order valence-electron chi connectivity index (χ0n) is 9.55. The van der Waals surface area contributed by atoms with Gasteiger partial charge < -0.3 is 9.47 Å². The molecule has 8 heteroatoms. The molecule has 1 aromatic rings. The molecule has 0 spiro atoms. The summed E-state index contributed by atoms with van der Waals surface area (Å²) in [5.41, 5.74) is -0.935. The Morgan fingerprint density at radius 3 is 2.53 bits per heavy atom. The molecule has 0 heterocycles. The Morgan fingerprint density at radius 1 is 1.42 bits per heavy atom. The molecule has 0 bridgehead atoms. The highest BCUT2D eigenvalue weighted by Crippen LogP contribution is 2.28. The van der Waals surface area contributed by atoms with Gasteiger partial charge in [-0.3, -0.25) is 0 Å². The number of halogens is 4. The molecule has 1 aromatic carbocycles. The maximum Gasteiger partial charge on any atom is 0.573 e. The summed E-state index contributed by atoms with van der Waals surface area (Å²) in [6.45, 7) is 1.47. The van der Waals surface area contributed by atoms with E-state index in [1.807, 2.05) is 0 Å². The van der Waals surface area contributed by atoms with E-state index < -0.39 is 35.0 Å². The SMILES string of the molecule is CCOC(=O)c1cc(F)c(OC(F)(F)F)cc1C#N. The van der Waals surface area contributed by atoms with Crippen LogP contribution in [0.2, 0.25) is 0 Å². The van der Waals surface area contributed by atoms with E-state index in [1.54, 1.807) is 0 Å². The first kappa shape index (κ1) is 14.8. The number of carbonyl (C=O) groups is 1. The van der Waals surface area contributed by atoms with Gasteiger partial charge in [-0.2, -0.15) is 5.26 Å². The first-order valence-corrected chi connectivity index (χ1v) is 4.95. The van der Waals surface area contributed by atoms with E-state index in [4.69, 9.17) is 5.26 Å². The summed E-state index contributed by atoms with van der Waals surface area (Å²) in [7, 11) is 0.